The fourth-order valence-corrected chi connectivity index (χ4v) is 2.97. The van der Waals surface area contributed by atoms with Crippen molar-refractivity contribution in [3.63, 3.8) is 0 Å². The number of hydrogen-bond acceptors (Lipinski definition) is 3. The summed E-state index contributed by atoms with van der Waals surface area (Å²) in [6, 6.07) is 4.05. The molecule has 0 spiro atoms. The summed E-state index contributed by atoms with van der Waals surface area (Å²) in [7, 11) is 0. The summed E-state index contributed by atoms with van der Waals surface area (Å²) in [5.74, 6) is 0.889. The van der Waals surface area contributed by atoms with E-state index >= 15 is 0 Å². The summed E-state index contributed by atoms with van der Waals surface area (Å²) < 4.78 is 50.1. The summed E-state index contributed by atoms with van der Waals surface area (Å²) in [5.41, 5.74) is -0.633. The average Bonchev–Trinajstić information content (AvgIpc) is 2.89. The number of ether oxygens (including phenoxy) is 2. The van der Waals surface area contributed by atoms with Crippen molar-refractivity contribution in [1.82, 2.24) is 0 Å². The molecule has 2 nitrogen and oxygen atoms in total. The Kier molecular flexibility index (Phi) is 5.21. The highest BCUT2D eigenvalue weighted by Gasteiger charge is 2.35. The quantitative estimate of drug-likeness (QED) is 0.733. The van der Waals surface area contributed by atoms with Gasteiger partial charge in [0.15, 0.2) is 6.29 Å². The average molecular weight is 306 g/mol. The molecule has 1 heterocycles. The van der Waals surface area contributed by atoms with Crippen LogP contribution in [0.5, 0.6) is 5.75 Å². The van der Waals surface area contributed by atoms with Gasteiger partial charge in [-0.15, -0.1) is 11.8 Å². The van der Waals surface area contributed by atoms with Crippen LogP contribution in [0.3, 0.4) is 0 Å². The molecule has 20 heavy (non-hydrogen) atoms. The monoisotopic (exact) mass is 306 g/mol. The van der Waals surface area contributed by atoms with E-state index in [1.807, 2.05) is 6.92 Å². The minimum absolute atomic E-state index is 0.164. The van der Waals surface area contributed by atoms with Crippen molar-refractivity contribution in [2.75, 3.05) is 12.4 Å². The predicted octanol–water partition coefficient (Wildman–Crippen LogP) is 4.72. The smallest absolute Gasteiger partial charge is 0.417 e. The largest absolute Gasteiger partial charge is 0.464 e. The number of hydrogen-bond donors (Lipinski definition) is 0. The van der Waals surface area contributed by atoms with Crippen LogP contribution in [0.15, 0.2) is 23.1 Å². The number of rotatable bonds is 5. The Morgan fingerprint density at radius 2 is 2.20 bits per heavy atom. The van der Waals surface area contributed by atoms with E-state index in [1.54, 1.807) is 6.07 Å². The van der Waals surface area contributed by atoms with Crippen LogP contribution in [0.4, 0.5) is 13.2 Å². The summed E-state index contributed by atoms with van der Waals surface area (Å²) in [6.07, 6.45) is -2.41. The molecule has 0 N–H and O–H groups in total. The van der Waals surface area contributed by atoms with Crippen molar-refractivity contribution in [3.05, 3.63) is 23.8 Å². The van der Waals surface area contributed by atoms with Gasteiger partial charge in [0.25, 0.3) is 0 Å². The van der Waals surface area contributed by atoms with Gasteiger partial charge in [-0.05, 0) is 30.7 Å². The third-order valence-electron chi connectivity index (χ3n) is 2.88. The molecule has 0 aliphatic carbocycles. The Hall–Kier alpha value is -0.880. The minimum atomic E-state index is -4.37. The molecule has 0 saturated carbocycles. The van der Waals surface area contributed by atoms with E-state index in [1.165, 1.54) is 17.8 Å². The van der Waals surface area contributed by atoms with Crippen molar-refractivity contribution in [3.8, 4) is 5.75 Å². The van der Waals surface area contributed by atoms with E-state index in [0.29, 0.717) is 18.8 Å². The maximum absolute atomic E-state index is 13.1. The van der Waals surface area contributed by atoms with Crippen LogP contribution in [0.2, 0.25) is 0 Å². The maximum Gasteiger partial charge on any atom is 0.417 e. The molecule has 1 aromatic rings. The van der Waals surface area contributed by atoms with E-state index in [2.05, 4.69) is 0 Å². The van der Waals surface area contributed by atoms with E-state index < -0.39 is 18.0 Å². The standard InChI is InChI=1S/C14H17F3O2S/c1-2-9-20-13-10(14(15,16)17)5-3-6-11(13)19-12-7-4-8-18-12/h3,5-6,12H,2,4,7-9H2,1H3. The first-order valence-corrected chi connectivity index (χ1v) is 7.62. The van der Waals surface area contributed by atoms with Crippen LogP contribution in [0.25, 0.3) is 0 Å². The van der Waals surface area contributed by atoms with Gasteiger partial charge in [0.1, 0.15) is 5.75 Å². The number of alkyl halides is 3. The molecule has 6 heteroatoms. The first-order valence-electron chi connectivity index (χ1n) is 6.63. The lowest BCUT2D eigenvalue weighted by atomic mass is 10.2. The predicted molar refractivity (Wildman–Crippen MR) is 72.1 cm³/mol. The van der Waals surface area contributed by atoms with Crippen LogP contribution in [-0.2, 0) is 10.9 Å². The van der Waals surface area contributed by atoms with Gasteiger partial charge in [-0.1, -0.05) is 13.0 Å². The lowest BCUT2D eigenvalue weighted by Crippen LogP contribution is -2.16. The maximum atomic E-state index is 13.1. The van der Waals surface area contributed by atoms with Crippen molar-refractivity contribution in [2.45, 2.75) is 43.5 Å². The number of benzene rings is 1. The third kappa shape index (κ3) is 3.82. The molecule has 1 atom stereocenters. The molecule has 112 valence electrons. The molecular weight excluding hydrogens is 289 g/mol. The zero-order valence-corrected chi connectivity index (χ0v) is 12.0. The molecule has 0 amide bonds. The van der Waals surface area contributed by atoms with Gasteiger partial charge in [0.05, 0.1) is 17.1 Å². The van der Waals surface area contributed by atoms with Gasteiger partial charge in [-0.25, -0.2) is 0 Å². The van der Waals surface area contributed by atoms with Crippen molar-refractivity contribution in [1.29, 1.82) is 0 Å². The lowest BCUT2D eigenvalue weighted by molar-refractivity contribution is -0.140. The molecular formula is C14H17F3O2S. The first-order chi connectivity index (χ1) is 9.52. The molecule has 1 unspecified atom stereocenters. The second kappa shape index (κ2) is 6.72. The SMILES string of the molecule is CCCSc1c(OC2CCCO2)cccc1C(F)(F)F. The first kappa shape index (κ1) is 15.5. The fraction of sp³-hybridized carbons (Fsp3) is 0.571. The Balaban J connectivity index is 2.28. The molecule has 1 fully saturated rings. The Labute approximate surface area is 120 Å². The van der Waals surface area contributed by atoms with Gasteiger partial charge in [-0.3, -0.25) is 0 Å². The van der Waals surface area contributed by atoms with Crippen LogP contribution in [0.1, 0.15) is 31.7 Å². The number of thioether (sulfide) groups is 1. The van der Waals surface area contributed by atoms with Crippen LogP contribution in [0, 0.1) is 0 Å². The topological polar surface area (TPSA) is 18.5 Å². The van der Waals surface area contributed by atoms with E-state index in [9.17, 15) is 13.2 Å². The highest BCUT2D eigenvalue weighted by Crippen LogP contribution is 2.42. The van der Waals surface area contributed by atoms with E-state index in [0.717, 1.165) is 18.9 Å². The Bertz CT molecular complexity index is 443. The van der Waals surface area contributed by atoms with Gasteiger partial charge < -0.3 is 9.47 Å². The van der Waals surface area contributed by atoms with E-state index in [-0.39, 0.29) is 10.6 Å². The Morgan fingerprint density at radius 3 is 2.80 bits per heavy atom. The molecule has 0 aromatic heterocycles. The highest BCUT2D eigenvalue weighted by atomic mass is 32.2. The summed E-state index contributed by atoms with van der Waals surface area (Å²) in [6.45, 7) is 2.53. The fourth-order valence-electron chi connectivity index (χ4n) is 1.97. The van der Waals surface area contributed by atoms with Gasteiger partial charge in [-0.2, -0.15) is 13.2 Å². The van der Waals surface area contributed by atoms with Crippen LogP contribution < -0.4 is 4.74 Å². The number of halogens is 3. The molecule has 0 bridgehead atoms. The van der Waals surface area contributed by atoms with Crippen molar-refractivity contribution < 1.29 is 22.6 Å². The summed E-state index contributed by atoms with van der Waals surface area (Å²) in [4.78, 5) is 0.164. The van der Waals surface area contributed by atoms with Gasteiger partial charge in [0.2, 0.25) is 0 Å². The van der Waals surface area contributed by atoms with Gasteiger partial charge in [0, 0.05) is 6.42 Å². The second-order valence-corrected chi connectivity index (χ2v) is 5.64. The van der Waals surface area contributed by atoms with E-state index in [4.69, 9.17) is 9.47 Å². The normalized spacial score (nSPS) is 19.3. The summed E-state index contributed by atoms with van der Waals surface area (Å²) >= 11 is 1.18. The highest BCUT2D eigenvalue weighted by molar-refractivity contribution is 7.99. The molecule has 1 aliphatic heterocycles. The molecule has 1 aromatic carbocycles. The van der Waals surface area contributed by atoms with Crippen molar-refractivity contribution in [2.24, 2.45) is 0 Å². The minimum Gasteiger partial charge on any atom is -0.464 e. The molecule has 2 rings (SSSR count). The van der Waals surface area contributed by atoms with Crippen molar-refractivity contribution >= 4 is 11.8 Å². The lowest BCUT2D eigenvalue weighted by Gasteiger charge is -2.19. The zero-order chi connectivity index (χ0) is 14.6. The zero-order valence-electron chi connectivity index (χ0n) is 11.2. The molecule has 1 aliphatic rings. The van der Waals surface area contributed by atoms with Crippen LogP contribution >= 0.6 is 11.8 Å². The second-order valence-electron chi connectivity index (χ2n) is 4.54. The Morgan fingerprint density at radius 1 is 1.40 bits per heavy atom. The van der Waals surface area contributed by atoms with Gasteiger partial charge >= 0.3 is 6.18 Å². The molecule has 1 saturated heterocycles. The third-order valence-corrected chi connectivity index (χ3v) is 4.20. The molecule has 0 radical (unpaired) electrons. The summed E-state index contributed by atoms with van der Waals surface area (Å²) in [5, 5.41) is 0. The van der Waals surface area contributed by atoms with Crippen LogP contribution in [-0.4, -0.2) is 18.6 Å².